The molecule has 1 aliphatic carbocycles. The molecule has 1 N–H and O–H groups in total. The number of nitrogens with one attached hydrogen (secondary N) is 1. The van der Waals surface area contributed by atoms with E-state index in [1.165, 1.54) is 11.3 Å². The highest BCUT2D eigenvalue weighted by Gasteiger charge is 2.27. The number of sulfone groups is 1. The first-order chi connectivity index (χ1) is 8.58. The van der Waals surface area contributed by atoms with Gasteiger partial charge in [-0.05, 0) is 25.0 Å². The molecule has 18 heavy (non-hydrogen) atoms. The van der Waals surface area contributed by atoms with Crippen molar-refractivity contribution in [1.82, 2.24) is 5.32 Å². The highest BCUT2D eigenvalue weighted by Crippen LogP contribution is 2.25. The molecule has 0 aliphatic heterocycles. The monoisotopic (exact) mass is 307 g/mol. The summed E-state index contributed by atoms with van der Waals surface area (Å²) >= 11 is 7.35. The molecule has 0 amide bonds. The van der Waals surface area contributed by atoms with Gasteiger partial charge >= 0.3 is 0 Å². The van der Waals surface area contributed by atoms with Crippen molar-refractivity contribution in [2.24, 2.45) is 0 Å². The molecule has 0 bridgehead atoms. The summed E-state index contributed by atoms with van der Waals surface area (Å²) in [5, 5.41) is 3.08. The lowest BCUT2D eigenvalue weighted by Crippen LogP contribution is -2.28. The maximum Gasteiger partial charge on any atom is 0.154 e. The van der Waals surface area contributed by atoms with E-state index in [-0.39, 0.29) is 11.0 Å². The molecule has 1 aromatic rings. The Morgan fingerprint density at radius 2 is 2.06 bits per heavy atom. The van der Waals surface area contributed by atoms with Crippen LogP contribution in [-0.2, 0) is 16.4 Å². The molecule has 0 aromatic carbocycles. The molecule has 102 valence electrons. The van der Waals surface area contributed by atoms with Crippen LogP contribution in [0.15, 0.2) is 12.1 Å². The van der Waals surface area contributed by atoms with Crippen molar-refractivity contribution in [2.45, 2.75) is 37.5 Å². The van der Waals surface area contributed by atoms with Crippen LogP contribution in [0.3, 0.4) is 0 Å². The Morgan fingerprint density at radius 1 is 1.33 bits per heavy atom. The summed E-state index contributed by atoms with van der Waals surface area (Å²) in [5.41, 5.74) is 0. The van der Waals surface area contributed by atoms with Crippen LogP contribution >= 0.6 is 22.9 Å². The topological polar surface area (TPSA) is 46.2 Å². The smallest absolute Gasteiger partial charge is 0.154 e. The minimum absolute atomic E-state index is 0.0875. The Hall–Kier alpha value is -0.100. The van der Waals surface area contributed by atoms with E-state index in [2.05, 4.69) is 5.32 Å². The number of halogens is 1. The molecule has 0 radical (unpaired) electrons. The van der Waals surface area contributed by atoms with E-state index >= 15 is 0 Å². The Balaban J connectivity index is 1.71. The average molecular weight is 308 g/mol. The Morgan fingerprint density at radius 3 is 2.67 bits per heavy atom. The average Bonchev–Trinajstić information content (AvgIpc) is 2.95. The lowest BCUT2D eigenvalue weighted by atomic mass is 10.4. The standard InChI is InChI=1S/C12H18ClNO2S2/c13-12-6-5-10(17-12)9-14-7-8-18(15,16)11-3-1-2-4-11/h5-6,11,14H,1-4,7-9H2. The second-order valence-electron chi connectivity index (χ2n) is 4.66. The second-order valence-corrected chi connectivity index (χ2v) is 8.86. The molecular weight excluding hydrogens is 290 g/mol. The van der Waals surface area contributed by atoms with Crippen molar-refractivity contribution in [3.05, 3.63) is 21.3 Å². The van der Waals surface area contributed by atoms with E-state index in [9.17, 15) is 8.42 Å². The molecule has 0 unspecified atom stereocenters. The van der Waals surface area contributed by atoms with Crippen molar-refractivity contribution in [3.63, 3.8) is 0 Å². The van der Waals surface area contributed by atoms with Crippen LogP contribution in [0.1, 0.15) is 30.6 Å². The first-order valence-electron chi connectivity index (χ1n) is 6.24. The normalized spacial score (nSPS) is 17.4. The molecule has 3 nitrogen and oxygen atoms in total. The van der Waals surface area contributed by atoms with Gasteiger partial charge in [-0.3, -0.25) is 0 Å². The SMILES string of the molecule is O=S(=O)(CCNCc1ccc(Cl)s1)C1CCCC1. The zero-order valence-corrected chi connectivity index (χ0v) is 12.6. The van der Waals surface area contributed by atoms with E-state index in [0.717, 1.165) is 34.9 Å². The van der Waals surface area contributed by atoms with E-state index in [1.807, 2.05) is 12.1 Å². The fourth-order valence-electron chi connectivity index (χ4n) is 2.29. The van der Waals surface area contributed by atoms with Gasteiger partial charge in [-0.1, -0.05) is 24.4 Å². The fraction of sp³-hybridized carbons (Fsp3) is 0.667. The highest BCUT2D eigenvalue weighted by atomic mass is 35.5. The number of hydrogen-bond acceptors (Lipinski definition) is 4. The second kappa shape index (κ2) is 6.37. The largest absolute Gasteiger partial charge is 0.311 e. The number of hydrogen-bond donors (Lipinski definition) is 1. The van der Waals surface area contributed by atoms with Gasteiger partial charge in [0.1, 0.15) is 0 Å². The zero-order chi connectivity index (χ0) is 13.0. The van der Waals surface area contributed by atoms with Gasteiger partial charge in [-0.2, -0.15) is 0 Å². The van der Waals surface area contributed by atoms with Gasteiger partial charge in [0.15, 0.2) is 9.84 Å². The Labute approximate surface area is 117 Å². The third kappa shape index (κ3) is 3.95. The summed E-state index contributed by atoms with van der Waals surface area (Å²) in [6.45, 7) is 1.21. The molecule has 0 atom stereocenters. The van der Waals surface area contributed by atoms with Gasteiger partial charge < -0.3 is 5.32 Å². The van der Waals surface area contributed by atoms with Gasteiger partial charge in [-0.15, -0.1) is 11.3 Å². The molecule has 1 fully saturated rings. The summed E-state index contributed by atoms with van der Waals surface area (Å²) < 4.78 is 24.7. The zero-order valence-electron chi connectivity index (χ0n) is 10.2. The molecular formula is C12H18ClNO2S2. The fourth-order valence-corrected chi connectivity index (χ4v) is 5.16. The van der Waals surface area contributed by atoms with Gasteiger partial charge in [0.25, 0.3) is 0 Å². The minimum Gasteiger partial charge on any atom is -0.311 e. The summed E-state index contributed by atoms with van der Waals surface area (Å²) in [4.78, 5) is 1.14. The molecule has 2 rings (SSSR count). The molecule has 1 aliphatic rings. The minimum atomic E-state index is -2.89. The van der Waals surface area contributed by atoms with E-state index < -0.39 is 9.84 Å². The maximum atomic E-state index is 12.0. The highest BCUT2D eigenvalue weighted by molar-refractivity contribution is 7.92. The predicted octanol–water partition coefficient (Wildman–Crippen LogP) is 2.85. The van der Waals surface area contributed by atoms with Crippen molar-refractivity contribution >= 4 is 32.8 Å². The van der Waals surface area contributed by atoms with Crippen LogP contribution in [0.25, 0.3) is 0 Å². The van der Waals surface area contributed by atoms with Crippen molar-refractivity contribution < 1.29 is 8.42 Å². The summed E-state index contributed by atoms with van der Waals surface area (Å²) in [6.07, 6.45) is 3.82. The predicted molar refractivity (Wildman–Crippen MR) is 77.1 cm³/mol. The third-order valence-corrected chi connectivity index (χ3v) is 6.79. The van der Waals surface area contributed by atoms with Crippen LogP contribution in [0.4, 0.5) is 0 Å². The van der Waals surface area contributed by atoms with E-state index in [4.69, 9.17) is 11.6 Å². The third-order valence-electron chi connectivity index (χ3n) is 3.30. The van der Waals surface area contributed by atoms with Crippen molar-refractivity contribution in [1.29, 1.82) is 0 Å². The number of rotatable bonds is 6. The lowest BCUT2D eigenvalue weighted by Gasteiger charge is -2.11. The van der Waals surface area contributed by atoms with Gasteiger partial charge in [0, 0.05) is 18.0 Å². The quantitative estimate of drug-likeness (QED) is 0.822. The van der Waals surface area contributed by atoms with Gasteiger partial charge in [0.2, 0.25) is 0 Å². The van der Waals surface area contributed by atoms with Crippen LogP contribution in [0.2, 0.25) is 4.34 Å². The van der Waals surface area contributed by atoms with Crippen LogP contribution in [-0.4, -0.2) is 26.0 Å². The lowest BCUT2D eigenvalue weighted by molar-refractivity contribution is 0.575. The Kier molecular flexibility index (Phi) is 5.06. The van der Waals surface area contributed by atoms with Crippen LogP contribution < -0.4 is 5.32 Å². The van der Waals surface area contributed by atoms with Crippen molar-refractivity contribution in [3.8, 4) is 0 Å². The van der Waals surface area contributed by atoms with E-state index in [1.54, 1.807) is 0 Å². The van der Waals surface area contributed by atoms with Crippen LogP contribution in [0.5, 0.6) is 0 Å². The molecule has 1 saturated carbocycles. The first-order valence-corrected chi connectivity index (χ1v) is 9.15. The summed E-state index contributed by atoms with van der Waals surface area (Å²) in [5.74, 6) is 0.247. The summed E-state index contributed by atoms with van der Waals surface area (Å²) in [7, 11) is -2.89. The summed E-state index contributed by atoms with van der Waals surface area (Å²) in [6, 6.07) is 3.82. The molecule has 6 heteroatoms. The van der Waals surface area contributed by atoms with Gasteiger partial charge in [-0.25, -0.2) is 8.42 Å². The molecule has 1 aromatic heterocycles. The van der Waals surface area contributed by atoms with Crippen LogP contribution in [0, 0.1) is 0 Å². The van der Waals surface area contributed by atoms with Crippen molar-refractivity contribution in [2.75, 3.05) is 12.3 Å². The first kappa shape index (κ1) is 14.3. The van der Waals surface area contributed by atoms with Gasteiger partial charge in [0.05, 0.1) is 15.3 Å². The molecule has 0 saturated heterocycles. The molecule has 0 spiro atoms. The number of thiophene rings is 1. The maximum absolute atomic E-state index is 12.0. The molecule has 1 heterocycles. The Bertz CT molecular complexity index is 478. The van der Waals surface area contributed by atoms with E-state index in [0.29, 0.717) is 13.1 Å².